The van der Waals surface area contributed by atoms with E-state index in [0.717, 1.165) is 24.1 Å². The van der Waals surface area contributed by atoms with E-state index in [9.17, 15) is 4.79 Å². The minimum atomic E-state index is -0.336. The second-order valence-corrected chi connectivity index (χ2v) is 5.88. The third-order valence-corrected chi connectivity index (χ3v) is 3.79. The summed E-state index contributed by atoms with van der Waals surface area (Å²) in [5.74, 6) is -0.0898. The maximum Gasteiger partial charge on any atom is 0.261 e. The molecule has 1 saturated carbocycles. The number of hydrazone groups is 1. The molecule has 4 heteroatoms. The molecule has 1 amide bonds. The van der Waals surface area contributed by atoms with Gasteiger partial charge in [0.25, 0.3) is 5.91 Å². The Labute approximate surface area is 127 Å². The van der Waals surface area contributed by atoms with E-state index >= 15 is 0 Å². The standard InChI is InChI=1S/C17H25N3O/c1-13(2)19-20-17(21)16(14-9-5-3-6-10-14)18-15-11-7-4-8-12-15/h3,5-6,9-10,15-16,18H,4,7-8,11-12H2,1-2H3,(H,20,21). The maximum absolute atomic E-state index is 12.4. The van der Waals surface area contributed by atoms with Crippen LogP contribution in [-0.4, -0.2) is 17.7 Å². The third kappa shape index (κ3) is 4.97. The fourth-order valence-corrected chi connectivity index (χ4v) is 2.71. The van der Waals surface area contributed by atoms with Gasteiger partial charge in [0.15, 0.2) is 0 Å². The highest BCUT2D eigenvalue weighted by Crippen LogP contribution is 2.21. The number of carbonyl (C=O) groups excluding carboxylic acids is 1. The molecule has 0 aliphatic heterocycles. The summed E-state index contributed by atoms with van der Waals surface area (Å²) >= 11 is 0. The van der Waals surface area contributed by atoms with Crippen molar-refractivity contribution in [1.82, 2.24) is 10.7 Å². The fourth-order valence-electron chi connectivity index (χ4n) is 2.71. The van der Waals surface area contributed by atoms with Gasteiger partial charge in [-0.25, -0.2) is 5.43 Å². The second-order valence-electron chi connectivity index (χ2n) is 5.88. The Morgan fingerprint density at radius 1 is 1.14 bits per heavy atom. The van der Waals surface area contributed by atoms with Crippen molar-refractivity contribution >= 4 is 11.6 Å². The fraction of sp³-hybridized carbons (Fsp3) is 0.529. The summed E-state index contributed by atoms with van der Waals surface area (Å²) < 4.78 is 0. The Hall–Kier alpha value is -1.68. The molecule has 0 radical (unpaired) electrons. The smallest absolute Gasteiger partial charge is 0.261 e. The first-order chi connectivity index (χ1) is 10.2. The van der Waals surface area contributed by atoms with Gasteiger partial charge in [0, 0.05) is 11.8 Å². The lowest BCUT2D eigenvalue weighted by Gasteiger charge is -2.27. The molecule has 0 saturated heterocycles. The number of nitrogens with one attached hydrogen (secondary N) is 2. The topological polar surface area (TPSA) is 53.5 Å². The third-order valence-electron chi connectivity index (χ3n) is 3.79. The Morgan fingerprint density at radius 3 is 2.43 bits per heavy atom. The number of hydrogen-bond acceptors (Lipinski definition) is 3. The van der Waals surface area contributed by atoms with Crippen molar-refractivity contribution in [2.45, 2.75) is 58.0 Å². The summed E-state index contributed by atoms with van der Waals surface area (Å²) in [5.41, 5.74) is 4.49. The van der Waals surface area contributed by atoms with E-state index in [1.807, 2.05) is 44.2 Å². The predicted molar refractivity (Wildman–Crippen MR) is 86.1 cm³/mol. The van der Waals surface area contributed by atoms with Crippen molar-refractivity contribution < 1.29 is 4.79 Å². The molecule has 21 heavy (non-hydrogen) atoms. The molecule has 1 atom stereocenters. The summed E-state index contributed by atoms with van der Waals surface area (Å²) in [4.78, 5) is 12.4. The predicted octanol–water partition coefficient (Wildman–Crippen LogP) is 3.16. The summed E-state index contributed by atoms with van der Waals surface area (Å²) in [5, 5.41) is 7.56. The number of hydrogen-bond donors (Lipinski definition) is 2. The van der Waals surface area contributed by atoms with Crippen LogP contribution >= 0.6 is 0 Å². The van der Waals surface area contributed by atoms with Crippen LogP contribution < -0.4 is 10.7 Å². The summed E-state index contributed by atoms with van der Waals surface area (Å²) in [6, 6.07) is 9.95. The van der Waals surface area contributed by atoms with Crippen molar-refractivity contribution in [3.63, 3.8) is 0 Å². The normalized spacial score (nSPS) is 17.0. The van der Waals surface area contributed by atoms with Gasteiger partial charge < -0.3 is 0 Å². The SMILES string of the molecule is CC(C)=NNC(=O)C(NC1CCCCC1)c1ccccc1. The van der Waals surface area contributed by atoms with Crippen LogP contribution in [0.15, 0.2) is 35.4 Å². The van der Waals surface area contributed by atoms with Gasteiger partial charge in [0.05, 0.1) is 0 Å². The molecule has 4 nitrogen and oxygen atoms in total. The van der Waals surface area contributed by atoms with Crippen LogP contribution in [0.3, 0.4) is 0 Å². The Bertz CT molecular complexity index is 474. The summed E-state index contributed by atoms with van der Waals surface area (Å²) in [6.45, 7) is 3.73. The molecule has 114 valence electrons. The van der Waals surface area contributed by atoms with E-state index < -0.39 is 0 Å². The van der Waals surface area contributed by atoms with Gasteiger partial charge in [0.2, 0.25) is 0 Å². The quantitative estimate of drug-likeness (QED) is 0.645. The maximum atomic E-state index is 12.4. The number of carbonyl (C=O) groups is 1. The van der Waals surface area contributed by atoms with Gasteiger partial charge >= 0.3 is 0 Å². The van der Waals surface area contributed by atoms with Crippen LogP contribution in [0.1, 0.15) is 57.6 Å². The zero-order chi connectivity index (χ0) is 15.1. The van der Waals surface area contributed by atoms with Crippen molar-refractivity contribution in [2.24, 2.45) is 5.10 Å². The second kappa shape index (κ2) is 7.93. The molecule has 1 aliphatic rings. The van der Waals surface area contributed by atoms with Crippen molar-refractivity contribution in [3.8, 4) is 0 Å². The molecule has 1 unspecified atom stereocenters. The minimum absolute atomic E-state index is 0.0898. The first-order valence-electron chi connectivity index (χ1n) is 7.78. The molecular weight excluding hydrogens is 262 g/mol. The number of amides is 1. The Morgan fingerprint density at radius 2 is 1.81 bits per heavy atom. The van der Waals surface area contributed by atoms with Gasteiger partial charge in [0.1, 0.15) is 6.04 Å². The highest BCUT2D eigenvalue weighted by atomic mass is 16.2. The largest absolute Gasteiger partial charge is 0.299 e. The Balaban J connectivity index is 2.09. The average molecular weight is 287 g/mol. The van der Waals surface area contributed by atoms with Crippen molar-refractivity contribution in [3.05, 3.63) is 35.9 Å². The molecule has 2 rings (SSSR count). The first kappa shape index (κ1) is 15.7. The van der Waals surface area contributed by atoms with Crippen LogP contribution in [0.25, 0.3) is 0 Å². The van der Waals surface area contributed by atoms with Gasteiger partial charge in [-0.3, -0.25) is 10.1 Å². The van der Waals surface area contributed by atoms with Crippen LogP contribution in [-0.2, 0) is 4.79 Å². The summed E-state index contributed by atoms with van der Waals surface area (Å²) in [6.07, 6.45) is 6.08. The molecule has 2 N–H and O–H groups in total. The van der Waals surface area contributed by atoms with Crippen molar-refractivity contribution in [1.29, 1.82) is 0 Å². The van der Waals surface area contributed by atoms with Gasteiger partial charge in [-0.2, -0.15) is 5.10 Å². The number of benzene rings is 1. The average Bonchev–Trinajstić information content (AvgIpc) is 2.52. The Kier molecular flexibility index (Phi) is 5.93. The molecule has 1 aliphatic carbocycles. The molecule has 0 bridgehead atoms. The van der Waals surface area contributed by atoms with E-state index in [-0.39, 0.29) is 11.9 Å². The lowest BCUT2D eigenvalue weighted by atomic mass is 9.94. The molecule has 0 spiro atoms. The van der Waals surface area contributed by atoms with Crippen LogP contribution in [0.4, 0.5) is 0 Å². The highest BCUT2D eigenvalue weighted by molar-refractivity contribution is 5.86. The van der Waals surface area contributed by atoms with E-state index in [1.54, 1.807) is 0 Å². The lowest BCUT2D eigenvalue weighted by molar-refractivity contribution is -0.123. The van der Waals surface area contributed by atoms with Gasteiger partial charge in [-0.05, 0) is 32.3 Å². The molecule has 1 aromatic carbocycles. The van der Waals surface area contributed by atoms with E-state index in [4.69, 9.17) is 0 Å². The van der Waals surface area contributed by atoms with Crippen molar-refractivity contribution in [2.75, 3.05) is 0 Å². The number of nitrogens with zero attached hydrogens (tertiary/aromatic N) is 1. The van der Waals surface area contributed by atoms with Gasteiger partial charge in [-0.15, -0.1) is 0 Å². The summed E-state index contributed by atoms with van der Waals surface area (Å²) in [7, 11) is 0. The molecule has 0 aromatic heterocycles. The monoisotopic (exact) mass is 287 g/mol. The molecule has 0 heterocycles. The molecular formula is C17H25N3O. The first-order valence-corrected chi connectivity index (χ1v) is 7.78. The minimum Gasteiger partial charge on any atom is -0.299 e. The van der Waals surface area contributed by atoms with E-state index in [0.29, 0.717) is 6.04 Å². The van der Waals surface area contributed by atoms with Gasteiger partial charge in [-0.1, -0.05) is 49.6 Å². The zero-order valence-corrected chi connectivity index (χ0v) is 12.9. The van der Waals surface area contributed by atoms with Crippen LogP contribution in [0.5, 0.6) is 0 Å². The van der Waals surface area contributed by atoms with Crippen LogP contribution in [0.2, 0.25) is 0 Å². The lowest BCUT2D eigenvalue weighted by Crippen LogP contribution is -2.42. The molecule has 1 aromatic rings. The van der Waals surface area contributed by atoms with E-state index in [2.05, 4.69) is 15.8 Å². The van der Waals surface area contributed by atoms with Crippen LogP contribution in [0, 0.1) is 0 Å². The zero-order valence-electron chi connectivity index (χ0n) is 12.9. The number of rotatable bonds is 5. The molecule has 1 fully saturated rings. The van der Waals surface area contributed by atoms with E-state index in [1.165, 1.54) is 19.3 Å². The highest BCUT2D eigenvalue weighted by Gasteiger charge is 2.24.